The van der Waals surface area contributed by atoms with Crippen molar-refractivity contribution in [1.29, 1.82) is 5.26 Å². The van der Waals surface area contributed by atoms with E-state index in [0.717, 1.165) is 36.5 Å². The van der Waals surface area contributed by atoms with Crippen LogP contribution in [0.25, 0.3) is 0 Å². The van der Waals surface area contributed by atoms with Gasteiger partial charge in [-0.15, -0.1) is 0 Å². The summed E-state index contributed by atoms with van der Waals surface area (Å²) in [4.78, 5) is 2.41. The number of nitrogens with two attached hydrogens (primary N) is 1. The molecule has 1 unspecified atom stereocenters. The van der Waals surface area contributed by atoms with Gasteiger partial charge in [-0.2, -0.15) is 5.26 Å². The number of hydrogen-bond acceptors (Lipinski definition) is 6. The van der Waals surface area contributed by atoms with E-state index in [4.69, 9.17) is 15.2 Å². The van der Waals surface area contributed by atoms with Crippen LogP contribution in [0.5, 0.6) is 17.2 Å². The molecule has 1 fully saturated rings. The van der Waals surface area contributed by atoms with Crippen molar-refractivity contribution < 1.29 is 14.6 Å². The fraction of sp³-hybridized carbons (Fsp3) is 0.318. The van der Waals surface area contributed by atoms with Crippen LogP contribution in [0.3, 0.4) is 0 Å². The zero-order chi connectivity index (χ0) is 19.5. The highest BCUT2D eigenvalue weighted by molar-refractivity contribution is 5.57. The molecule has 2 aliphatic rings. The molecule has 144 valence electrons. The van der Waals surface area contributed by atoms with Gasteiger partial charge in [0, 0.05) is 18.2 Å². The highest BCUT2D eigenvalue weighted by Gasteiger charge is 2.30. The first kappa shape index (κ1) is 18.2. The number of nitrogens with zero attached hydrogens (tertiary/aromatic N) is 2. The van der Waals surface area contributed by atoms with Crippen molar-refractivity contribution in [2.24, 2.45) is 5.73 Å². The minimum atomic E-state index is -0.340. The van der Waals surface area contributed by atoms with Gasteiger partial charge < -0.3 is 20.3 Å². The van der Waals surface area contributed by atoms with Crippen LogP contribution in [0.4, 0.5) is 0 Å². The van der Waals surface area contributed by atoms with Gasteiger partial charge in [-0.1, -0.05) is 18.2 Å². The van der Waals surface area contributed by atoms with Gasteiger partial charge in [0.05, 0.1) is 5.92 Å². The monoisotopic (exact) mass is 377 g/mol. The van der Waals surface area contributed by atoms with Gasteiger partial charge >= 0.3 is 0 Å². The molecule has 0 radical (unpaired) electrons. The van der Waals surface area contributed by atoms with E-state index in [1.165, 1.54) is 18.9 Å². The first-order valence-corrected chi connectivity index (χ1v) is 9.51. The van der Waals surface area contributed by atoms with E-state index in [1.54, 1.807) is 12.1 Å². The van der Waals surface area contributed by atoms with E-state index in [9.17, 15) is 10.4 Å². The van der Waals surface area contributed by atoms with E-state index in [-0.39, 0.29) is 17.6 Å². The molecule has 2 aromatic carbocycles. The van der Waals surface area contributed by atoms with E-state index in [0.29, 0.717) is 17.9 Å². The number of rotatable bonds is 5. The number of likely N-dealkylation sites (tertiary alicyclic amines) is 1. The molecule has 1 saturated heterocycles. The number of benzene rings is 2. The van der Waals surface area contributed by atoms with Crippen molar-refractivity contribution in [3.05, 3.63) is 65.0 Å². The molecule has 0 aliphatic carbocycles. The molecule has 3 N–H and O–H groups in total. The minimum absolute atomic E-state index is 0.0662. The number of hydrogen-bond donors (Lipinski definition) is 2. The Morgan fingerprint density at radius 1 is 1.18 bits per heavy atom. The maximum Gasteiger partial charge on any atom is 0.205 e. The Morgan fingerprint density at radius 2 is 1.93 bits per heavy atom. The summed E-state index contributed by atoms with van der Waals surface area (Å²) in [5.41, 5.74) is 8.04. The molecule has 6 nitrogen and oxygen atoms in total. The largest absolute Gasteiger partial charge is 0.508 e. The summed E-state index contributed by atoms with van der Waals surface area (Å²) in [5.74, 6) is 1.08. The second-order valence-corrected chi connectivity index (χ2v) is 7.11. The number of ether oxygens (including phenoxy) is 2. The first-order chi connectivity index (χ1) is 13.7. The molecule has 1 atom stereocenters. The molecule has 0 spiro atoms. The average molecular weight is 377 g/mol. The van der Waals surface area contributed by atoms with Crippen LogP contribution in [0.2, 0.25) is 0 Å². The van der Waals surface area contributed by atoms with Crippen LogP contribution in [0.1, 0.15) is 29.9 Å². The summed E-state index contributed by atoms with van der Waals surface area (Å²) < 4.78 is 11.4. The molecule has 0 amide bonds. The highest BCUT2D eigenvalue weighted by Crippen LogP contribution is 2.43. The molecule has 2 aromatic rings. The Labute approximate surface area is 164 Å². The number of phenolic OH excluding ortho intramolecular Hbond substituents is 1. The fourth-order valence-electron chi connectivity index (χ4n) is 3.84. The normalized spacial score (nSPS) is 19.0. The molecule has 0 aromatic heterocycles. The van der Waals surface area contributed by atoms with E-state index < -0.39 is 0 Å². The zero-order valence-corrected chi connectivity index (χ0v) is 15.6. The van der Waals surface area contributed by atoms with Crippen LogP contribution in [-0.4, -0.2) is 36.2 Å². The lowest BCUT2D eigenvalue weighted by atomic mass is 9.83. The zero-order valence-electron chi connectivity index (χ0n) is 15.6. The third-order valence-electron chi connectivity index (χ3n) is 5.29. The second kappa shape index (κ2) is 7.83. The Balaban J connectivity index is 1.53. The molecular formula is C22H23N3O3. The van der Waals surface area contributed by atoms with Crippen molar-refractivity contribution in [2.75, 3.05) is 26.2 Å². The highest BCUT2D eigenvalue weighted by atomic mass is 16.5. The fourth-order valence-corrected chi connectivity index (χ4v) is 3.84. The summed E-state index contributed by atoms with van der Waals surface area (Å²) in [6.45, 7) is 3.92. The van der Waals surface area contributed by atoms with Crippen LogP contribution >= 0.6 is 0 Å². The molecule has 2 aliphatic heterocycles. The quantitative estimate of drug-likeness (QED) is 0.832. The predicted molar refractivity (Wildman–Crippen MR) is 105 cm³/mol. The molecule has 0 saturated carbocycles. The molecule has 4 rings (SSSR count). The Hall–Kier alpha value is -3.17. The summed E-state index contributed by atoms with van der Waals surface area (Å²) in [6.07, 6.45) is 2.55. The van der Waals surface area contributed by atoms with Crippen molar-refractivity contribution in [3.63, 3.8) is 0 Å². The Bertz CT molecular complexity index is 925. The average Bonchev–Trinajstić information content (AvgIpc) is 3.21. The standard InChI is InChI=1S/C22H23N3O3/c23-14-19-21(18-8-5-16(26)13-20(18)28-22(19)24)15-3-6-17(7-4-15)27-12-11-25-9-1-2-10-25/h3-8,13,21,26H,1-2,9-12,24H2. The van der Waals surface area contributed by atoms with Crippen molar-refractivity contribution in [3.8, 4) is 23.3 Å². The van der Waals surface area contributed by atoms with Gasteiger partial charge in [-0.05, 0) is 49.7 Å². The molecule has 2 heterocycles. The Morgan fingerprint density at radius 3 is 2.64 bits per heavy atom. The minimum Gasteiger partial charge on any atom is -0.508 e. The summed E-state index contributed by atoms with van der Waals surface area (Å²) in [7, 11) is 0. The SMILES string of the molecule is N#CC1=C(N)Oc2cc(O)ccc2C1c1ccc(OCCN2CCCC2)cc1. The lowest BCUT2D eigenvalue weighted by molar-refractivity contribution is 0.238. The van der Waals surface area contributed by atoms with Crippen molar-refractivity contribution >= 4 is 0 Å². The maximum atomic E-state index is 9.73. The summed E-state index contributed by atoms with van der Waals surface area (Å²) >= 11 is 0. The maximum absolute atomic E-state index is 9.73. The van der Waals surface area contributed by atoms with Gasteiger partial charge in [0.25, 0.3) is 0 Å². The molecule has 28 heavy (non-hydrogen) atoms. The molecule has 0 bridgehead atoms. The number of nitriles is 1. The van der Waals surface area contributed by atoms with Gasteiger partial charge in [-0.25, -0.2) is 0 Å². The van der Waals surface area contributed by atoms with Gasteiger partial charge in [-0.3, -0.25) is 4.90 Å². The van der Waals surface area contributed by atoms with E-state index >= 15 is 0 Å². The van der Waals surface area contributed by atoms with Gasteiger partial charge in [0.1, 0.15) is 35.5 Å². The Kier molecular flexibility index (Phi) is 5.09. The van der Waals surface area contributed by atoms with Crippen LogP contribution in [-0.2, 0) is 0 Å². The van der Waals surface area contributed by atoms with Crippen molar-refractivity contribution in [2.45, 2.75) is 18.8 Å². The predicted octanol–water partition coefficient (Wildman–Crippen LogP) is 3.08. The second-order valence-electron chi connectivity index (χ2n) is 7.11. The van der Waals surface area contributed by atoms with Crippen LogP contribution in [0, 0.1) is 11.3 Å². The third-order valence-corrected chi connectivity index (χ3v) is 5.29. The number of phenols is 1. The smallest absolute Gasteiger partial charge is 0.205 e. The lowest BCUT2D eigenvalue weighted by Gasteiger charge is -2.26. The van der Waals surface area contributed by atoms with Crippen molar-refractivity contribution in [1.82, 2.24) is 4.90 Å². The number of aromatic hydroxyl groups is 1. The van der Waals surface area contributed by atoms with E-state index in [2.05, 4.69) is 11.0 Å². The number of allylic oxidation sites excluding steroid dienone is 1. The summed E-state index contributed by atoms with van der Waals surface area (Å²) in [5, 5.41) is 19.3. The third kappa shape index (κ3) is 3.62. The molecule has 6 heteroatoms. The summed E-state index contributed by atoms with van der Waals surface area (Å²) in [6, 6.07) is 14.8. The number of fused-ring (bicyclic) bond motifs is 1. The van der Waals surface area contributed by atoms with E-state index in [1.807, 2.05) is 24.3 Å². The van der Waals surface area contributed by atoms with Crippen LogP contribution < -0.4 is 15.2 Å². The topological polar surface area (TPSA) is 91.7 Å². The van der Waals surface area contributed by atoms with Gasteiger partial charge in [0.2, 0.25) is 5.88 Å². The van der Waals surface area contributed by atoms with Gasteiger partial charge in [0.15, 0.2) is 0 Å². The molecular weight excluding hydrogens is 354 g/mol. The lowest BCUT2D eigenvalue weighted by Crippen LogP contribution is -2.25. The van der Waals surface area contributed by atoms with Crippen LogP contribution in [0.15, 0.2) is 53.9 Å². The first-order valence-electron chi connectivity index (χ1n) is 9.51.